The number of halogens is 2. The molecule has 0 fully saturated rings. The number of aromatic nitrogens is 1. The third-order valence-corrected chi connectivity index (χ3v) is 7.98. The quantitative estimate of drug-likeness (QED) is 0.187. The predicted octanol–water partition coefficient (Wildman–Crippen LogP) is 8.83. The fraction of sp³-hybridized carbons (Fsp3) is 0.324. The van der Waals surface area contributed by atoms with E-state index in [0.29, 0.717) is 30.0 Å². The minimum atomic E-state index is -0.532. The predicted molar refractivity (Wildman–Crippen MR) is 170 cm³/mol. The van der Waals surface area contributed by atoms with E-state index in [1.54, 1.807) is 0 Å². The van der Waals surface area contributed by atoms with Crippen LogP contribution in [0.3, 0.4) is 0 Å². The van der Waals surface area contributed by atoms with Gasteiger partial charge in [-0.1, -0.05) is 83.0 Å². The standard InChI is InChI=1S/C34H36BrClN2O3/c1-22-30(25-20-24(35)17-18-28(25)38-31(22)23-12-7-6-8-13-23)32(40)37-21-34(5,26-14-9-10-15-27(26)36)19-11-16-29(39)41-33(2,3)4/h6-10,12-15,17-18,20H,11,16,19,21H2,1-5H3,(H,37,40). The average Bonchev–Trinajstić information content (AvgIpc) is 2.91. The summed E-state index contributed by atoms with van der Waals surface area (Å²) in [5, 5.41) is 4.62. The van der Waals surface area contributed by atoms with Gasteiger partial charge in [-0.2, -0.15) is 0 Å². The van der Waals surface area contributed by atoms with Gasteiger partial charge in [-0.25, -0.2) is 4.98 Å². The number of nitrogens with one attached hydrogen (secondary N) is 1. The summed E-state index contributed by atoms with van der Waals surface area (Å²) in [4.78, 5) is 31.3. The fourth-order valence-electron chi connectivity index (χ4n) is 5.15. The smallest absolute Gasteiger partial charge is 0.306 e. The number of nitrogens with zero attached hydrogens (tertiary/aromatic N) is 1. The van der Waals surface area contributed by atoms with Crippen LogP contribution in [0.15, 0.2) is 77.3 Å². The highest BCUT2D eigenvalue weighted by atomic mass is 79.9. The second-order valence-electron chi connectivity index (χ2n) is 11.7. The van der Waals surface area contributed by atoms with E-state index < -0.39 is 11.0 Å². The monoisotopic (exact) mass is 634 g/mol. The van der Waals surface area contributed by atoms with E-state index in [0.717, 1.165) is 37.8 Å². The average molecular weight is 636 g/mol. The molecule has 0 aliphatic heterocycles. The van der Waals surface area contributed by atoms with Gasteiger partial charge in [0, 0.05) is 38.8 Å². The second kappa shape index (κ2) is 12.7. The number of hydrogen-bond donors (Lipinski definition) is 1. The molecule has 3 aromatic carbocycles. The van der Waals surface area contributed by atoms with Crippen molar-refractivity contribution in [3.8, 4) is 11.3 Å². The topological polar surface area (TPSA) is 68.3 Å². The van der Waals surface area contributed by atoms with Crippen molar-refractivity contribution in [3.63, 3.8) is 0 Å². The lowest BCUT2D eigenvalue weighted by Crippen LogP contribution is -2.39. The zero-order valence-corrected chi connectivity index (χ0v) is 26.5. The summed E-state index contributed by atoms with van der Waals surface area (Å²) in [6.45, 7) is 9.94. The number of ether oxygens (including phenoxy) is 1. The van der Waals surface area contributed by atoms with Crippen LogP contribution in [0.1, 0.15) is 68.4 Å². The largest absolute Gasteiger partial charge is 0.460 e. The minimum absolute atomic E-state index is 0.185. The lowest BCUT2D eigenvalue weighted by molar-refractivity contribution is -0.155. The minimum Gasteiger partial charge on any atom is -0.460 e. The van der Waals surface area contributed by atoms with Crippen molar-refractivity contribution in [1.82, 2.24) is 10.3 Å². The first-order valence-corrected chi connectivity index (χ1v) is 15.0. The molecule has 1 aromatic heterocycles. The molecule has 0 saturated heterocycles. The van der Waals surface area contributed by atoms with E-state index in [1.807, 2.05) is 100 Å². The molecule has 0 saturated carbocycles. The van der Waals surface area contributed by atoms with Crippen LogP contribution in [0.5, 0.6) is 0 Å². The van der Waals surface area contributed by atoms with Gasteiger partial charge in [0.25, 0.3) is 5.91 Å². The molecule has 0 bridgehead atoms. The molecule has 0 aliphatic carbocycles. The number of amides is 1. The molecule has 214 valence electrons. The first-order chi connectivity index (χ1) is 19.4. The zero-order chi connectivity index (χ0) is 29.8. The Bertz CT molecular complexity index is 1570. The van der Waals surface area contributed by atoms with Crippen molar-refractivity contribution in [2.75, 3.05) is 6.54 Å². The summed E-state index contributed by atoms with van der Waals surface area (Å²) in [5.41, 5.74) is 3.74. The molecule has 0 spiro atoms. The molecule has 4 aromatic rings. The van der Waals surface area contributed by atoms with Crippen LogP contribution in [-0.2, 0) is 14.9 Å². The molecule has 1 atom stereocenters. The Morgan fingerprint density at radius 1 is 0.976 bits per heavy atom. The van der Waals surface area contributed by atoms with Crippen LogP contribution in [0.2, 0.25) is 5.02 Å². The molecular formula is C34H36BrClN2O3. The van der Waals surface area contributed by atoms with Crippen molar-refractivity contribution in [3.05, 3.63) is 99.0 Å². The Hall–Kier alpha value is -3.22. The third-order valence-electron chi connectivity index (χ3n) is 7.16. The van der Waals surface area contributed by atoms with Gasteiger partial charge < -0.3 is 10.1 Å². The summed E-state index contributed by atoms with van der Waals surface area (Å²) in [6, 6.07) is 23.4. The lowest BCUT2D eigenvalue weighted by atomic mass is 9.78. The summed E-state index contributed by atoms with van der Waals surface area (Å²) >= 11 is 10.2. The third kappa shape index (κ3) is 7.55. The van der Waals surface area contributed by atoms with Crippen LogP contribution in [0.4, 0.5) is 0 Å². The molecule has 5 nitrogen and oxygen atoms in total. The first-order valence-electron chi connectivity index (χ1n) is 13.8. The number of pyridine rings is 1. The van der Waals surface area contributed by atoms with Crippen LogP contribution in [-0.4, -0.2) is 29.0 Å². The maximum Gasteiger partial charge on any atom is 0.306 e. The fourth-order valence-corrected chi connectivity index (χ4v) is 5.87. The van der Waals surface area contributed by atoms with E-state index in [4.69, 9.17) is 21.3 Å². The maximum absolute atomic E-state index is 14.0. The van der Waals surface area contributed by atoms with E-state index >= 15 is 0 Å². The van der Waals surface area contributed by atoms with Crippen molar-refractivity contribution in [1.29, 1.82) is 0 Å². The Kier molecular flexibility index (Phi) is 9.55. The SMILES string of the molecule is Cc1c(-c2ccccc2)nc2ccc(Br)cc2c1C(=O)NCC(C)(CCCC(=O)OC(C)(C)C)c1ccccc1Cl. The Morgan fingerprint density at radius 2 is 1.66 bits per heavy atom. The molecule has 0 aliphatic rings. The molecule has 1 N–H and O–H groups in total. The van der Waals surface area contributed by atoms with Crippen molar-refractivity contribution >= 4 is 50.3 Å². The van der Waals surface area contributed by atoms with E-state index in [2.05, 4.69) is 28.2 Å². The highest BCUT2D eigenvalue weighted by Gasteiger charge is 2.31. The van der Waals surface area contributed by atoms with E-state index in [1.165, 1.54) is 0 Å². The lowest BCUT2D eigenvalue weighted by Gasteiger charge is -2.32. The van der Waals surface area contributed by atoms with Crippen molar-refractivity contribution in [2.45, 2.75) is 64.9 Å². The Labute approximate surface area is 255 Å². The van der Waals surface area contributed by atoms with Gasteiger partial charge >= 0.3 is 5.97 Å². The number of benzene rings is 3. The maximum atomic E-state index is 14.0. The van der Waals surface area contributed by atoms with Gasteiger partial charge in [0.15, 0.2) is 0 Å². The normalized spacial score (nSPS) is 13.0. The number of esters is 1. The molecule has 1 amide bonds. The van der Waals surface area contributed by atoms with Gasteiger partial charge in [-0.05, 0) is 75.9 Å². The van der Waals surface area contributed by atoms with Crippen LogP contribution in [0.25, 0.3) is 22.2 Å². The van der Waals surface area contributed by atoms with Gasteiger partial charge in [0.05, 0.1) is 16.8 Å². The molecule has 7 heteroatoms. The summed E-state index contributed by atoms with van der Waals surface area (Å²) in [6.07, 6.45) is 1.51. The van der Waals surface area contributed by atoms with Gasteiger partial charge in [0.1, 0.15) is 5.60 Å². The number of carbonyl (C=O) groups is 2. The van der Waals surface area contributed by atoms with Crippen LogP contribution < -0.4 is 5.32 Å². The molecule has 1 unspecified atom stereocenters. The molecular weight excluding hydrogens is 600 g/mol. The van der Waals surface area contributed by atoms with Gasteiger partial charge in [0.2, 0.25) is 0 Å². The van der Waals surface area contributed by atoms with Crippen LogP contribution >= 0.6 is 27.5 Å². The first kappa shape index (κ1) is 30.7. The highest BCUT2D eigenvalue weighted by Crippen LogP contribution is 2.35. The van der Waals surface area contributed by atoms with E-state index in [9.17, 15) is 9.59 Å². The Balaban J connectivity index is 1.65. The van der Waals surface area contributed by atoms with Gasteiger partial charge in [-0.3, -0.25) is 9.59 Å². The number of carbonyl (C=O) groups excluding carboxylic acids is 2. The van der Waals surface area contributed by atoms with Gasteiger partial charge in [-0.15, -0.1) is 0 Å². The second-order valence-corrected chi connectivity index (χ2v) is 13.0. The van der Waals surface area contributed by atoms with E-state index in [-0.39, 0.29) is 18.3 Å². The number of rotatable bonds is 9. The molecule has 4 rings (SSSR count). The zero-order valence-electron chi connectivity index (χ0n) is 24.2. The molecule has 0 radical (unpaired) electrons. The highest BCUT2D eigenvalue weighted by molar-refractivity contribution is 9.10. The number of hydrogen-bond acceptors (Lipinski definition) is 4. The Morgan fingerprint density at radius 3 is 2.34 bits per heavy atom. The molecule has 41 heavy (non-hydrogen) atoms. The van der Waals surface area contributed by atoms with Crippen molar-refractivity contribution < 1.29 is 14.3 Å². The van der Waals surface area contributed by atoms with Crippen molar-refractivity contribution in [2.24, 2.45) is 0 Å². The molecule has 1 heterocycles. The summed E-state index contributed by atoms with van der Waals surface area (Å²) < 4.78 is 6.38. The summed E-state index contributed by atoms with van der Waals surface area (Å²) in [7, 11) is 0. The van der Waals surface area contributed by atoms with Crippen LogP contribution in [0, 0.1) is 6.92 Å². The number of fused-ring (bicyclic) bond motifs is 1. The summed E-state index contributed by atoms with van der Waals surface area (Å²) in [5.74, 6) is -0.420.